The van der Waals surface area contributed by atoms with Gasteiger partial charge in [-0.05, 0) is 75.0 Å². The number of rotatable bonds is 4. The summed E-state index contributed by atoms with van der Waals surface area (Å²) in [7, 11) is 0. The van der Waals surface area contributed by atoms with E-state index in [1.807, 2.05) is 31.2 Å². The second-order valence-electron chi connectivity index (χ2n) is 5.38. The smallest absolute Gasteiger partial charge is 0.191 e. The maximum atomic E-state index is 5.40. The van der Waals surface area contributed by atoms with Gasteiger partial charge in [-0.25, -0.2) is 0 Å². The molecule has 0 atom stereocenters. The molecule has 1 saturated carbocycles. The van der Waals surface area contributed by atoms with E-state index in [9.17, 15) is 0 Å². The van der Waals surface area contributed by atoms with Gasteiger partial charge in [0.25, 0.3) is 0 Å². The topological polar surface area (TPSA) is 45.6 Å². The average Bonchev–Trinajstić information content (AvgIpc) is 2.49. The molecule has 0 bridgehead atoms. The monoisotopic (exact) mass is 305 g/mol. The van der Waals surface area contributed by atoms with Crippen molar-refractivity contribution in [2.45, 2.75) is 39.5 Å². The standard InChI is InChI=1S/C16H23N3OS/c1-3-20-15-10-8-13(9-11-15)17-16(21)19-18-14-6-4-12(2)5-7-14/h8-12H,3-7H2,1-2H3,(H2,17,19,21). The zero-order chi connectivity index (χ0) is 15.1. The summed E-state index contributed by atoms with van der Waals surface area (Å²) in [5.41, 5.74) is 5.07. The van der Waals surface area contributed by atoms with E-state index in [-0.39, 0.29) is 0 Å². The molecule has 4 nitrogen and oxygen atoms in total. The molecule has 0 aliphatic heterocycles. The van der Waals surface area contributed by atoms with Crippen LogP contribution in [-0.4, -0.2) is 17.4 Å². The summed E-state index contributed by atoms with van der Waals surface area (Å²) in [6.07, 6.45) is 4.58. The summed E-state index contributed by atoms with van der Waals surface area (Å²) in [6, 6.07) is 7.72. The van der Waals surface area contributed by atoms with Crippen LogP contribution in [0, 0.1) is 5.92 Å². The molecular formula is C16H23N3OS. The summed E-state index contributed by atoms with van der Waals surface area (Å²) in [6.45, 7) is 4.93. The Bertz CT molecular complexity index is 489. The molecule has 0 unspecified atom stereocenters. The van der Waals surface area contributed by atoms with Crippen LogP contribution in [0.15, 0.2) is 29.4 Å². The molecule has 0 heterocycles. The lowest BCUT2D eigenvalue weighted by Gasteiger charge is -2.19. The molecule has 2 rings (SSSR count). The maximum Gasteiger partial charge on any atom is 0.191 e. The second-order valence-corrected chi connectivity index (χ2v) is 5.79. The van der Waals surface area contributed by atoms with Gasteiger partial charge in [0, 0.05) is 11.4 Å². The Morgan fingerprint density at radius 3 is 2.57 bits per heavy atom. The van der Waals surface area contributed by atoms with Gasteiger partial charge in [-0.1, -0.05) is 6.92 Å². The SMILES string of the molecule is CCOc1ccc(NC(=S)NN=C2CCC(C)CC2)cc1. The van der Waals surface area contributed by atoms with Gasteiger partial charge in [0.15, 0.2) is 5.11 Å². The van der Waals surface area contributed by atoms with Crippen LogP contribution < -0.4 is 15.5 Å². The predicted octanol–water partition coefficient (Wildman–Crippen LogP) is 3.94. The van der Waals surface area contributed by atoms with Crippen molar-refractivity contribution in [1.82, 2.24) is 5.43 Å². The van der Waals surface area contributed by atoms with Crippen molar-refractivity contribution >= 4 is 28.7 Å². The fourth-order valence-corrected chi connectivity index (χ4v) is 2.46. The quantitative estimate of drug-likeness (QED) is 0.653. The van der Waals surface area contributed by atoms with E-state index in [1.54, 1.807) is 0 Å². The highest BCUT2D eigenvalue weighted by Crippen LogP contribution is 2.21. The number of benzene rings is 1. The first-order chi connectivity index (χ1) is 10.2. The van der Waals surface area contributed by atoms with E-state index in [2.05, 4.69) is 22.8 Å². The van der Waals surface area contributed by atoms with Crippen LogP contribution in [0.25, 0.3) is 0 Å². The molecule has 0 spiro atoms. The minimum atomic E-state index is 0.519. The summed E-state index contributed by atoms with van der Waals surface area (Å²) in [5.74, 6) is 1.68. The molecule has 0 radical (unpaired) electrons. The van der Waals surface area contributed by atoms with Crippen LogP contribution in [0.1, 0.15) is 39.5 Å². The average molecular weight is 305 g/mol. The van der Waals surface area contributed by atoms with E-state index in [0.717, 1.165) is 30.2 Å². The highest BCUT2D eigenvalue weighted by Gasteiger charge is 2.13. The van der Waals surface area contributed by atoms with Crippen LogP contribution in [-0.2, 0) is 0 Å². The van der Waals surface area contributed by atoms with Crippen molar-refractivity contribution in [2.75, 3.05) is 11.9 Å². The Hall–Kier alpha value is -1.62. The van der Waals surface area contributed by atoms with E-state index < -0.39 is 0 Å². The van der Waals surface area contributed by atoms with Gasteiger partial charge in [0.1, 0.15) is 5.75 Å². The van der Waals surface area contributed by atoms with Gasteiger partial charge in [-0.15, -0.1) is 0 Å². The number of nitrogens with one attached hydrogen (secondary N) is 2. The third-order valence-corrected chi connectivity index (χ3v) is 3.78. The second kappa shape index (κ2) is 7.98. The fraction of sp³-hybridized carbons (Fsp3) is 0.500. The highest BCUT2D eigenvalue weighted by atomic mass is 32.1. The Balaban J connectivity index is 1.80. The summed E-state index contributed by atoms with van der Waals surface area (Å²) >= 11 is 5.25. The Kier molecular flexibility index (Phi) is 5.99. The number of hydrogen-bond acceptors (Lipinski definition) is 3. The number of nitrogens with zero attached hydrogens (tertiary/aromatic N) is 1. The molecule has 1 aromatic carbocycles. The van der Waals surface area contributed by atoms with Crippen molar-refractivity contribution in [1.29, 1.82) is 0 Å². The lowest BCUT2D eigenvalue weighted by atomic mass is 9.90. The summed E-state index contributed by atoms with van der Waals surface area (Å²) < 4.78 is 5.40. The van der Waals surface area contributed by atoms with Crippen molar-refractivity contribution in [3.63, 3.8) is 0 Å². The fourth-order valence-electron chi connectivity index (χ4n) is 2.30. The summed E-state index contributed by atoms with van der Waals surface area (Å²) in [5, 5.41) is 8.04. The van der Waals surface area contributed by atoms with Crippen LogP contribution in [0.3, 0.4) is 0 Å². The first-order valence-electron chi connectivity index (χ1n) is 7.52. The zero-order valence-corrected chi connectivity index (χ0v) is 13.5. The number of hydrazone groups is 1. The van der Waals surface area contributed by atoms with Crippen LogP contribution in [0.2, 0.25) is 0 Å². The van der Waals surface area contributed by atoms with Crippen molar-refractivity contribution in [2.24, 2.45) is 11.0 Å². The van der Waals surface area contributed by atoms with Crippen molar-refractivity contribution in [3.05, 3.63) is 24.3 Å². The lowest BCUT2D eigenvalue weighted by molar-refractivity contribution is 0.340. The number of anilines is 1. The van der Waals surface area contributed by atoms with Crippen LogP contribution in [0.4, 0.5) is 5.69 Å². The van der Waals surface area contributed by atoms with Gasteiger partial charge in [-0.2, -0.15) is 5.10 Å². The van der Waals surface area contributed by atoms with Crippen molar-refractivity contribution < 1.29 is 4.74 Å². The van der Waals surface area contributed by atoms with E-state index in [4.69, 9.17) is 17.0 Å². The molecule has 1 aliphatic carbocycles. The van der Waals surface area contributed by atoms with Crippen molar-refractivity contribution in [3.8, 4) is 5.75 Å². The normalized spacial score (nSPS) is 18.0. The zero-order valence-electron chi connectivity index (χ0n) is 12.7. The molecule has 21 heavy (non-hydrogen) atoms. The minimum Gasteiger partial charge on any atom is -0.494 e. The minimum absolute atomic E-state index is 0.519. The van der Waals surface area contributed by atoms with Gasteiger partial charge >= 0.3 is 0 Å². The largest absolute Gasteiger partial charge is 0.494 e. The molecule has 1 fully saturated rings. The molecule has 0 aromatic heterocycles. The number of ether oxygens (including phenoxy) is 1. The Morgan fingerprint density at radius 2 is 1.95 bits per heavy atom. The molecule has 0 amide bonds. The molecule has 0 saturated heterocycles. The van der Waals surface area contributed by atoms with E-state index in [0.29, 0.717) is 11.7 Å². The maximum absolute atomic E-state index is 5.40. The number of thiocarbonyl (C=S) groups is 1. The lowest BCUT2D eigenvalue weighted by Crippen LogP contribution is -2.26. The Morgan fingerprint density at radius 1 is 1.29 bits per heavy atom. The Labute approximate surface area is 132 Å². The van der Waals surface area contributed by atoms with E-state index >= 15 is 0 Å². The van der Waals surface area contributed by atoms with Gasteiger partial charge in [0.2, 0.25) is 0 Å². The molecular weight excluding hydrogens is 282 g/mol. The molecule has 1 aliphatic rings. The van der Waals surface area contributed by atoms with Gasteiger partial charge in [-0.3, -0.25) is 5.43 Å². The third-order valence-electron chi connectivity index (χ3n) is 3.59. The molecule has 5 heteroatoms. The van der Waals surface area contributed by atoms with Crippen LogP contribution in [0.5, 0.6) is 5.75 Å². The highest BCUT2D eigenvalue weighted by molar-refractivity contribution is 7.80. The van der Waals surface area contributed by atoms with Gasteiger partial charge < -0.3 is 10.1 Å². The molecule has 2 N–H and O–H groups in total. The van der Waals surface area contributed by atoms with Gasteiger partial charge in [0.05, 0.1) is 6.61 Å². The first-order valence-corrected chi connectivity index (χ1v) is 7.93. The molecule has 1 aromatic rings. The van der Waals surface area contributed by atoms with E-state index in [1.165, 1.54) is 18.6 Å². The first kappa shape index (κ1) is 15.8. The van der Waals surface area contributed by atoms with Crippen LogP contribution >= 0.6 is 12.2 Å². The molecule has 114 valence electrons. The number of hydrogen-bond donors (Lipinski definition) is 2. The summed E-state index contributed by atoms with van der Waals surface area (Å²) in [4.78, 5) is 0. The predicted molar refractivity (Wildman–Crippen MR) is 92.0 cm³/mol. The third kappa shape index (κ3) is 5.34.